The second kappa shape index (κ2) is 4.94. The first kappa shape index (κ1) is 12.8. The third-order valence-electron chi connectivity index (χ3n) is 3.62. The Morgan fingerprint density at radius 1 is 1.22 bits per heavy atom. The molecule has 98 valence electrons. The molecule has 0 aliphatic carbocycles. The first-order valence-electron chi connectivity index (χ1n) is 6.14. The predicted molar refractivity (Wildman–Crippen MR) is 68.9 cm³/mol. The molecule has 1 amide bonds. The number of carbonyl (C=O) groups is 2. The molecule has 1 aliphatic heterocycles. The van der Waals surface area contributed by atoms with Crippen molar-refractivity contribution < 1.29 is 9.59 Å². The van der Waals surface area contributed by atoms with Gasteiger partial charge in [0.1, 0.15) is 5.69 Å². The molecule has 0 aromatic carbocycles. The third kappa shape index (κ3) is 2.18. The van der Waals surface area contributed by atoms with Gasteiger partial charge in [-0.15, -0.1) is 0 Å². The highest BCUT2D eigenvalue weighted by atomic mass is 16.2. The van der Waals surface area contributed by atoms with Crippen LogP contribution in [0.3, 0.4) is 0 Å². The van der Waals surface area contributed by atoms with Crippen molar-refractivity contribution in [1.82, 2.24) is 14.4 Å². The molecule has 2 rings (SSSR count). The van der Waals surface area contributed by atoms with E-state index >= 15 is 0 Å². The van der Waals surface area contributed by atoms with E-state index in [1.54, 1.807) is 10.6 Å². The van der Waals surface area contributed by atoms with Crippen molar-refractivity contribution in [3.05, 3.63) is 23.0 Å². The van der Waals surface area contributed by atoms with Gasteiger partial charge < -0.3 is 14.4 Å². The van der Waals surface area contributed by atoms with Crippen molar-refractivity contribution in [1.29, 1.82) is 0 Å². The lowest BCUT2D eigenvalue weighted by molar-refractivity contribution is 0.0652. The van der Waals surface area contributed by atoms with Gasteiger partial charge in [-0.3, -0.25) is 9.59 Å². The minimum atomic E-state index is -0.0409. The second-order valence-corrected chi connectivity index (χ2v) is 4.86. The number of aryl methyl sites for hydroxylation is 1. The molecule has 5 heteroatoms. The van der Waals surface area contributed by atoms with E-state index in [1.165, 1.54) is 0 Å². The van der Waals surface area contributed by atoms with E-state index < -0.39 is 0 Å². The van der Waals surface area contributed by atoms with Crippen molar-refractivity contribution >= 4 is 12.2 Å². The van der Waals surface area contributed by atoms with Gasteiger partial charge in [-0.2, -0.15) is 0 Å². The molecule has 0 atom stereocenters. The lowest BCUT2D eigenvalue weighted by Gasteiger charge is -2.32. The largest absolute Gasteiger partial charge is 0.343 e. The highest BCUT2D eigenvalue weighted by Gasteiger charge is 2.25. The van der Waals surface area contributed by atoms with Crippen LogP contribution in [0.2, 0.25) is 0 Å². The molecule has 18 heavy (non-hydrogen) atoms. The summed E-state index contributed by atoms with van der Waals surface area (Å²) < 4.78 is 1.80. The number of aromatic nitrogens is 1. The summed E-state index contributed by atoms with van der Waals surface area (Å²) in [5, 5.41) is 0. The molecule has 0 bridgehead atoms. The highest BCUT2D eigenvalue weighted by molar-refractivity contribution is 6.00. The Morgan fingerprint density at radius 2 is 1.83 bits per heavy atom. The minimum absolute atomic E-state index is 0.0409. The van der Waals surface area contributed by atoms with Crippen LogP contribution in [-0.2, 0) is 7.05 Å². The number of likely N-dealkylation sites (N-methyl/N-ethyl adjacent to an activating group) is 1. The van der Waals surface area contributed by atoms with Crippen molar-refractivity contribution in [3.63, 3.8) is 0 Å². The van der Waals surface area contributed by atoms with E-state index in [2.05, 4.69) is 4.90 Å². The van der Waals surface area contributed by atoms with E-state index in [0.717, 1.165) is 38.2 Å². The summed E-state index contributed by atoms with van der Waals surface area (Å²) in [4.78, 5) is 27.5. The first-order chi connectivity index (χ1) is 8.54. The molecule has 2 heterocycles. The third-order valence-corrected chi connectivity index (χ3v) is 3.62. The van der Waals surface area contributed by atoms with Gasteiger partial charge in [-0.05, 0) is 20.0 Å². The Labute approximate surface area is 107 Å². The lowest BCUT2D eigenvalue weighted by atomic mass is 10.2. The zero-order valence-electron chi connectivity index (χ0n) is 11.1. The molecular weight excluding hydrogens is 230 g/mol. The molecule has 0 unspecified atom stereocenters. The standard InChI is InChI=1S/C13H19N3O2/c1-10-8-11(9-17)12(15(10)3)13(18)16-6-4-14(2)5-7-16/h8-9H,4-7H2,1-3H3. The van der Waals surface area contributed by atoms with Gasteiger partial charge in [-0.25, -0.2) is 0 Å². The van der Waals surface area contributed by atoms with Crippen LogP contribution >= 0.6 is 0 Å². The van der Waals surface area contributed by atoms with Gasteiger partial charge >= 0.3 is 0 Å². The molecular formula is C13H19N3O2. The Kier molecular flexibility index (Phi) is 3.52. The average Bonchev–Trinajstić information content (AvgIpc) is 2.65. The monoisotopic (exact) mass is 249 g/mol. The van der Waals surface area contributed by atoms with Gasteiger partial charge in [0.25, 0.3) is 5.91 Å². The molecule has 0 N–H and O–H groups in total. The summed E-state index contributed by atoms with van der Waals surface area (Å²) in [5.74, 6) is -0.0409. The molecule has 0 spiro atoms. The van der Waals surface area contributed by atoms with Crippen LogP contribution in [-0.4, -0.2) is 59.8 Å². The number of rotatable bonds is 2. The van der Waals surface area contributed by atoms with Crippen LogP contribution in [0, 0.1) is 6.92 Å². The first-order valence-corrected chi connectivity index (χ1v) is 6.14. The zero-order valence-corrected chi connectivity index (χ0v) is 11.1. The molecule has 1 aliphatic rings. The van der Waals surface area contributed by atoms with Crippen LogP contribution < -0.4 is 0 Å². The van der Waals surface area contributed by atoms with E-state index in [4.69, 9.17) is 0 Å². The topological polar surface area (TPSA) is 45.6 Å². The van der Waals surface area contributed by atoms with E-state index in [0.29, 0.717) is 11.3 Å². The molecule has 1 aromatic rings. The fourth-order valence-corrected chi connectivity index (χ4v) is 2.28. The van der Waals surface area contributed by atoms with Crippen molar-refractivity contribution in [3.8, 4) is 0 Å². The maximum absolute atomic E-state index is 12.4. The average molecular weight is 249 g/mol. The Bertz CT molecular complexity index is 471. The van der Waals surface area contributed by atoms with Crippen LogP contribution in [0.25, 0.3) is 0 Å². The van der Waals surface area contributed by atoms with E-state index in [9.17, 15) is 9.59 Å². The Balaban J connectivity index is 2.26. The lowest BCUT2D eigenvalue weighted by Crippen LogP contribution is -2.47. The summed E-state index contributed by atoms with van der Waals surface area (Å²) in [7, 11) is 3.87. The molecule has 1 fully saturated rings. The maximum atomic E-state index is 12.4. The van der Waals surface area contributed by atoms with Gasteiger partial charge in [0.05, 0.1) is 0 Å². The van der Waals surface area contributed by atoms with Gasteiger partial charge in [0.2, 0.25) is 0 Å². The summed E-state index contributed by atoms with van der Waals surface area (Å²) in [5.41, 5.74) is 1.92. The van der Waals surface area contributed by atoms with Crippen LogP contribution in [0.4, 0.5) is 0 Å². The quantitative estimate of drug-likeness (QED) is 0.718. The number of piperazine rings is 1. The zero-order chi connectivity index (χ0) is 13.3. The number of nitrogens with zero attached hydrogens (tertiary/aromatic N) is 3. The minimum Gasteiger partial charge on any atom is -0.343 e. The fraction of sp³-hybridized carbons (Fsp3) is 0.538. The number of aldehydes is 1. The molecule has 1 saturated heterocycles. The molecule has 0 saturated carbocycles. The number of carbonyl (C=O) groups excluding carboxylic acids is 2. The smallest absolute Gasteiger partial charge is 0.271 e. The Morgan fingerprint density at radius 3 is 2.39 bits per heavy atom. The normalized spacial score (nSPS) is 16.9. The van der Waals surface area contributed by atoms with E-state index in [-0.39, 0.29) is 5.91 Å². The summed E-state index contributed by atoms with van der Waals surface area (Å²) in [6.45, 7) is 5.10. The van der Waals surface area contributed by atoms with E-state index in [1.807, 2.05) is 25.9 Å². The number of hydrogen-bond acceptors (Lipinski definition) is 3. The van der Waals surface area contributed by atoms with Gasteiger partial charge in [0, 0.05) is 44.5 Å². The SMILES string of the molecule is Cc1cc(C=O)c(C(=O)N2CCN(C)CC2)n1C. The van der Waals surface area contributed by atoms with Gasteiger partial charge in [0.15, 0.2) is 6.29 Å². The van der Waals surface area contributed by atoms with Crippen LogP contribution in [0.15, 0.2) is 6.07 Å². The predicted octanol–water partition coefficient (Wildman–Crippen LogP) is 0.534. The van der Waals surface area contributed by atoms with Crippen molar-refractivity contribution in [2.75, 3.05) is 33.2 Å². The number of amides is 1. The number of hydrogen-bond donors (Lipinski definition) is 0. The Hall–Kier alpha value is -1.62. The molecule has 5 nitrogen and oxygen atoms in total. The summed E-state index contributed by atoms with van der Waals surface area (Å²) >= 11 is 0. The van der Waals surface area contributed by atoms with Crippen LogP contribution in [0.1, 0.15) is 26.5 Å². The summed E-state index contributed by atoms with van der Waals surface area (Å²) in [6, 6.07) is 1.76. The van der Waals surface area contributed by atoms with Gasteiger partial charge in [-0.1, -0.05) is 0 Å². The second-order valence-electron chi connectivity index (χ2n) is 4.86. The summed E-state index contributed by atoms with van der Waals surface area (Å²) in [6.07, 6.45) is 0.760. The van der Waals surface area contributed by atoms with Crippen molar-refractivity contribution in [2.24, 2.45) is 7.05 Å². The van der Waals surface area contributed by atoms with Crippen molar-refractivity contribution in [2.45, 2.75) is 6.92 Å². The molecule has 1 aromatic heterocycles. The van der Waals surface area contributed by atoms with Crippen LogP contribution in [0.5, 0.6) is 0 Å². The maximum Gasteiger partial charge on any atom is 0.271 e. The highest BCUT2D eigenvalue weighted by Crippen LogP contribution is 2.16. The molecule has 0 radical (unpaired) electrons. The fourth-order valence-electron chi connectivity index (χ4n) is 2.28.